The number of nitrogens with one attached hydrogen (secondary N) is 1. The number of alkyl halides is 3. The van der Waals surface area contributed by atoms with Gasteiger partial charge in [0.05, 0.1) is 22.4 Å². The third-order valence-electron chi connectivity index (χ3n) is 3.92. The Bertz CT molecular complexity index is 847. The second-order valence-corrected chi connectivity index (χ2v) is 7.67. The van der Waals surface area contributed by atoms with E-state index in [-0.39, 0.29) is 29.0 Å². The zero-order chi connectivity index (χ0) is 19.1. The second kappa shape index (κ2) is 7.30. The van der Waals surface area contributed by atoms with Crippen molar-refractivity contribution >= 4 is 43.5 Å². The van der Waals surface area contributed by atoms with Gasteiger partial charge >= 0.3 is 6.18 Å². The van der Waals surface area contributed by atoms with Gasteiger partial charge in [0.15, 0.2) is 5.69 Å². The molecular weight excluding hydrogens is 486 g/mol. The molecule has 1 N–H and O–H groups in total. The molecule has 26 heavy (non-hydrogen) atoms. The Labute approximate surface area is 163 Å². The Kier molecular flexibility index (Phi) is 5.43. The molecule has 10 heteroatoms. The standard InChI is InChI=1S/C16H13Br2F4N3O/c17-9-3-4-11(10(19)7-9)23-12(26)5-6-25-14(8-1-2-8)13(18)15(24-25)16(20,21)22/h3-4,7-8H,1-2,5-6H2,(H,23,26). The lowest BCUT2D eigenvalue weighted by atomic mass is 10.2. The topological polar surface area (TPSA) is 46.9 Å². The molecule has 140 valence electrons. The Hall–Kier alpha value is -1.42. The number of anilines is 1. The molecule has 1 saturated carbocycles. The highest BCUT2D eigenvalue weighted by atomic mass is 79.9. The van der Waals surface area contributed by atoms with Crippen molar-refractivity contribution < 1.29 is 22.4 Å². The molecule has 1 aromatic carbocycles. The van der Waals surface area contributed by atoms with Gasteiger partial charge in [-0.3, -0.25) is 9.48 Å². The fraction of sp³-hybridized carbons (Fsp3) is 0.375. The number of carbonyl (C=O) groups excluding carboxylic acids is 1. The van der Waals surface area contributed by atoms with E-state index in [0.29, 0.717) is 10.2 Å². The fourth-order valence-electron chi connectivity index (χ4n) is 2.56. The van der Waals surface area contributed by atoms with E-state index in [4.69, 9.17) is 0 Å². The number of halogens is 6. The van der Waals surface area contributed by atoms with Crippen LogP contribution < -0.4 is 5.32 Å². The van der Waals surface area contributed by atoms with Gasteiger partial charge in [-0.2, -0.15) is 18.3 Å². The third-order valence-corrected chi connectivity index (χ3v) is 5.20. The molecule has 0 bridgehead atoms. The largest absolute Gasteiger partial charge is 0.436 e. The van der Waals surface area contributed by atoms with Gasteiger partial charge in [0.2, 0.25) is 5.91 Å². The van der Waals surface area contributed by atoms with Gasteiger partial charge in [-0.1, -0.05) is 15.9 Å². The van der Waals surface area contributed by atoms with E-state index in [1.165, 1.54) is 16.8 Å². The number of amides is 1. The van der Waals surface area contributed by atoms with Crippen LogP contribution in [0, 0.1) is 5.82 Å². The summed E-state index contributed by atoms with van der Waals surface area (Å²) >= 11 is 6.11. The summed E-state index contributed by atoms with van der Waals surface area (Å²) in [6.45, 7) is -0.0233. The molecule has 1 amide bonds. The van der Waals surface area contributed by atoms with Crippen LogP contribution in [-0.4, -0.2) is 15.7 Å². The Balaban J connectivity index is 1.72. The normalized spacial score (nSPS) is 14.5. The first-order chi connectivity index (χ1) is 12.2. The average Bonchev–Trinajstić information content (AvgIpc) is 3.30. The summed E-state index contributed by atoms with van der Waals surface area (Å²) in [5.74, 6) is -1.10. The SMILES string of the molecule is O=C(CCn1nc(C(F)(F)F)c(Br)c1C1CC1)Nc1ccc(Br)cc1F. The molecule has 2 aromatic rings. The molecule has 0 unspecified atom stereocenters. The summed E-state index contributed by atoms with van der Waals surface area (Å²) in [7, 11) is 0. The van der Waals surface area contributed by atoms with Crippen molar-refractivity contribution in [3.63, 3.8) is 0 Å². The highest BCUT2D eigenvalue weighted by molar-refractivity contribution is 9.10. The number of aryl methyl sites for hydroxylation is 1. The molecule has 0 spiro atoms. The molecule has 0 saturated heterocycles. The molecule has 0 atom stereocenters. The van der Waals surface area contributed by atoms with E-state index in [1.54, 1.807) is 6.07 Å². The van der Waals surface area contributed by atoms with E-state index in [0.717, 1.165) is 12.8 Å². The molecule has 1 aliphatic rings. The van der Waals surface area contributed by atoms with Gasteiger partial charge in [-0.15, -0.1) is 0 Å². The van der Waals surface area contributed by atoms with Crippen LogP contribution in [0.25, 0.3) is 0 Å². The molecule has 1 fully saturated rings. The first-order valence-corrected chi connectivity index (χ1v) is 9.33. The summed E-state index contributed by atoms with van der Waals surface area (Å²) in [6.07, 6.45) is -3.12. The summed E-state index contributed by atoms with van der Waals surface area (Å²) in [5, 5.41) is 6.05. The first kappa shape index (κ1) is 19.3. The minimum Gasteiger partial charge on any atom is -0.324 e. The second-order valence-electron chi connectivity index (χ2n) is 5.97. The van der Waals surface area contributed by atoms with Crippen molar-refractivity contribution in [3.8, 4) is 0 Å². The van der Waals surface area contributed by atoms with Crippen LogP contribution in [0.4, 0.5) is 23.2 Å². The zero-order valence-corrected chi connectivity index (χ0v) is 16.4. The third kappa shape index (κ3) is 4.28. The average molecular weight is 499 g/mol. The van der Waals surface area contributed by atoms with Crippen molar-refractivity contribution in [1.29, 1.82) is 0 Å². The number of aromatic nitrogens is 2. The summed E-state index contributed by atoms with van der Waals surface area (Å²) in [6, 6.07) is 4.18. The van der Waals surface area contributed by atoms with Crippen LogP contribution in [0.1, 0.15) is 36.6 Å². The maximum absolute atomic E-state index is 13.7. The van der Waals surface area contributed by atoms with E-state index in [1.807, 2.05) is 0 Å². The summed E-state index contributed by atoms with van der Waals surface area (Å²) < 4.78 is 54.6. The Morgan fingerprint density at radius 1 is 1.31 bits per heavy atom. The van der Waals surface area contributed by atoms with Crippen LogP contribution in [0.3, 0.4) is 0 Å². The Morgan fingerprint density at radius 3 is 2.58 bits per heavy atom. The van der Waals surface area contributed by atoms with E-state index >= 15 is 0 Å². The molecule has 0 radical (unpaired) electrons. The molecule has 0 aliphatic heterocycles. The minimum absolute atomic E-state index is 0.0123. The number of hydrogen-bond acceptors (Lipinski definition) is 2. The number of rotatable bonds is 5. The molecule has 1 aromatic heterocycles. The lowest BCUT2D eigenvalue weighted by Crippen LogP contribution is -2.17. The number of hydrogen-bond donors (Lipinski definition) is 1. The van der Waals surface area contributed by atoms with Crippen molar-refractivity contribution in [3.05, 3.63) is 44.3 Å². The predicted molar refractivity (Wildman–Crippen MR) is 94.3 cm³/mol. The number of benzene rings is 1. The van der Waals surface area contributed by atoms with Crippen molar-refractivity contribution in [2.75, 3.05) is 5.32 Å². The highest BCUT2D eigenvalue weighted by Crippen LogP contribution is 2.47. The van der Waals surface area contributed by atoms with Crippen molar-refractivity contribution in [1.82, 2.24) is 9.78 Å². The maximum Gasteiger partial charge on any atom is 0.436 e. The Morgan fingerprint density at radius 2 is 2.00 bits per heavy atom. The maximum atomic E-state index is 13.7. The molecule has 1 heterocycles. The van der Waals surface area contributed by atoms with Crippen molar-refractivity contribution in [2.24, 2.45) is 0 Å². The van der Waals surface area contributed by atoms with Crippen LogP contribution in [0.2, 0.25) is 0 Å². The van der Waals surface area contributed by atoms with E-state index in [2.05, 4.69) is 42.3 Å². The van der Waals surface area contributed by atoms with Gasteiger partial charge in [-0.25, -0.2) is 4.39 Å². The number of carbonyl (C=O) groups is 1. The van der Waals surface area contributed by atoms with Gasteiger partial charge in [0.25, 0.3) is 0 Å². The molecule has 4 nitrogen and oxygen atoms in total. The van der Waals surface area contributed by atoms with Crippen molar-refractivity contribution in [2.45, 2.75) is 37.9 Å². The lowest BCUT2D eigenvalue weighted by Gasteiger charge is -2.09. The van der Waals surface area contributed by atoms with Crippen LogP contribution >= 0.6 is 31.9 Å². The monoisotopic (exact) mass is 497 g/mol. The summed E-state index contributed by atoms with van der Waals surface area (Å²) in [4.78, 5) is 12.0. The van der Waals surface area contributed by atoms with Gasteiger partial charge < -0.3 is 5.32 Å². The fourth-order valence-corrected chi connectivity index (χ4v) is 3.73. The molecule has 3 rings (SSSR count). The molecular formula is C16H13Br2F4N3O. The smallest absolute Gasteiger partial charge is 0.324 e. The highest BCUT2D eigenvalue weighted by Gasteiger charge is 2.41. The van der Waals surface area contributed by atoms with Crippen LogP contribution in [0.5, 0.6) is 0 Å². The minimum atomic E-state index is -4.57. The predicted octanol–water partition coefficient (Wildman–Crippen LogP) is 5.47. The molecule has 1 aliphatic carbocycles. The van der Waals surface area contributed by atoms with Crippen LogP contribution in [-0.2, 0) is 17.5 Å². The summed E-state index contributed by atoms with van der Waals surface area (Å²) in [5.41, 5.74) is -0.517. The quantitative estimate of drug-likeness (QED) is 0.555. The lowest BCUT2D eigenvalue weighted by molar-refractivity contribution is -0.142. The van der Waals surface area contributed by atoms with Crippen LogP contribution in [0.15, 0.2) is 27.1 Å². The van der Waals surface area contributed by atoms with E-state index in [9.17, 15) is 22.4 Å². The van der Waals surface area contributed by atoms with Gasteiger partial charge in [0, 0.05) is 16.8 Å². The first-order valence-electron chi connectivity index (χ1n) is 7.75. The zero-order valence-electron chi connectivity index (χ0n) is 13.2. The number of nitrogens with zero attached hydrogens (tertiary/aromatic N) is 2. The van der Waals surface area contributed by atoms with Gasteiger partial charge in [-0.05, 0) is 47.0 Å². The van der Waals surface area contributed by atoms with E-state index < -0.39 is 23.6 Å². The van der Waals surface area contributed by atoms with Gasteiger partial charge in [0.1, 0.15) is 5.82 Å².